The first-order chi connectivity index (χ1) is 12.3. The second kappa shape index (κ2) is 8.92. The molecule has 0 aliphatic carbocycles. The van der Waals surface area contributed by atoms with Crippen LogP contribution in [-0.4, -0.2) is 35.6 Å². The zero-order chi connectivity index (χ0) is 19.3. The fourth-order valence-corrected chi connectivity index (χ4v) is 2.81. The number of aliphatic carboxylic acids is 1. The lowest BCUT2D eigenvalue weighted by Gasteiger charge is -2.25. The summed E-state index contributed by atoms with van der Waals surface area (Å²) in [5.74, 6) is -1.61. The molecule has 2 amide bonds. The van der Waals surface area contributed by atoms with Gasteiger partial charge in [-0.2, -0.15) is 0 Å². The normalized spacial score (nSPS) is 12.9. The summed E-state index contributed by atoms with van der Waals surface area (Å²) in [4.78, 5) is 24.9. The lowest BCUT2D eigenvalue weighted by Crippen LogP contribution is -2.42. The van der Waals surface area contributed by atoms with Gasteiger partial charge in [-0.05, 0) is 23.3 Å². The number of nitrogens with zero attached hydrogens (tertiary/aromatic N) is 1. The molecule has 2 N–H and O–H groups in total. The van der Waals surface area contributed by atoms with Crippen molar-refractivity contribution in [2.24, 2.45) is 5.92 Å². The van der Waals surface area contributed by atoms with Gasteiger partial charge in [0.25, 0.3) is 0 Å². The van der Waals surface area contributed by atoms with Crippen molar-refractivity contribution in [3.63, 3.8) is 0 Å². The molecule has 0 heterocycles. The lowest BCUT2D eigenvalue weighted by molar-refractivity contribution is -0.141. The minimum atomic E-state index is -0.950. The van der Waals surface area contributed by atoms with Gasteiger partial charge in [0.15, 0.2) is 0 Å². The Hall–Kier alpha value is -2.24. The van der Waals surface area contributed by atoms with E-state index in [-0.39, 0.29) is 12.6 Å². The van der Waals surface area contributed by atoms with Gasteiger partial charge in [-0.3, -0.25) is 4.79 Å². The SMILES string of the molecule is CC(CN(C)C(=O)NC(c1ccccc1)c1ccc(Cl)c(Cl)c1)C(=O)O. The average Bonchev–Trinajstić information content (AvgIpc) is 2.62. The van der Waals surface area contributed by atoms with Crippen LogP contribution in [-0.2, 0) is 4.79 Å². The highest BCUT2D eigenvalue weighted by atomic mass is 35.5. The summed E-state index contributed by atoms with van der Waals surface area (Å²) < 4.78 is 0. The zero-order valence-electron chi connectivity index (χ0n) is 14.4. The summed E-state index contributed by atoms with van der Waals surface area (Å²) in [6.07, 6.45) is 0. The molecular weight excluding hydrogens is 375 g/mol. The average molecular weight is 395 g/mol. The fraction of sp³-hybridized carbons (Fsp3) is 0.263. The minimum Gasteiger partial charge on any atom is -0.481 e. The van der Waals surface area contributed by atoms with Crippen LogP contribution in [0.2, 0.25) is 10.0 Å². The van der Waals surface area contributed by atoms with Gasteiger partial charge in [-0.25, -0.2) is 4.79 Å². The quantitative estimate of drug-likeness (QED) is 0.760. The number of carboxylic acid groups (broad SMARTS) is 1. The number of rotatable bonds is 6. The van der Waals surface area contributed by atoms with E-state index in [4.69, 9.17) is 28.3 Å². The molecule has 138 valence electrons. The smallest absolute Gasteiger partial charge is 0.317 e. The van der Waals surface area contributed by atoms with Crippen LogP contribution in [0.15, 0.2) is 48.5 Å². The van der Waals surface area contributed by atoms with Crippen molar-refractivity contribution in [2.75, 3.05) is 13.6 Å². The molecule has 2 unspecified atom stereocenters. The van der Waals surface area contributed by atoms with Crippen LogP contribution in [0.25, 0.3) is 0 Å². The van der Waals surface area contributed by atoms with E-state index in [1.165, 1.54) is 4.90 Å². The van der Waals surface area contributed by atoms with Gasteiger partial charge in [0.2, 0.25) is 0 Å². The van der Waals surface area contributed by atoms with E-state index >= 15 is 0 Å². The van der Waals surface area contributed by atoms with Gasteiger partial charge in [-0.15, -0.1) is 0 Å². The molecule has 2 aromatic carbocycles. The summed E-state index contributed by atoms with van der Waals surface area (Å²) in [7, 11) is 1.56. The first kappa shape index (κ1) is 20.1. The molecule has 2 atom stereocenters. The molecule has 5 nitrogen and oxygen atoms in total. The van der Waals surface area contributed by atoms with Crippen LogP contribution in [0, 0.1) is 5.92 Å². The third-order valence-corrected chi connectivity index (χ3v) is 4.73. The molecule has 0 saturated heterocycles. The molecule has 0 radical (unpaired) electrons. The Morgan fingerprint density at radius 1 is 1.08 bits per heavy atom. The standard InChI is InChI=1S/C19H20Cl2N2O3/c1-12(18(24)25)11-23(2)19(26)22-17(13-6-4-3-5-7-13)14-8-9-15(20)16(21)10-14/h3-10,12,17H,11H2,1-2H3,(H,22,26)(H,24,25). The monoisotopic (exact) mass is 394 g/mol. The molecule has 0 fully saturated rings. The highest BCUT2D eigenvalue weighted by molar-refractivity contribution is 6.42. The number of carbonyl (C=O) groups is 2. The molecule has 26 heavy (non-hydrogen) atoms. The van der Waals surface area contributed by atoms with Crippen molar-refractivity contribution in [1.29, 1.82) is 0 Å². The predicted molar refractivity (Wildman–Crippen MR) is 103 cm³/mol. The number of carbonyl (C=O) groups excluding carboxylic acids is 1. The van der Waals surface area contributed by atoms with E-state index in [0.717, 1.165) is 11.1 Å². The maximum atomic E-state index is 12.6. The number of benzene rings is 2. The van der Waals surface area contributed by atoms with Crippen molar-refractivity contribution in [1.82, 2.24) is 10.2 Å². The number of amides is 2. The Bertz CT molecular complexity index is 784. The zero-order valence-corrected chi connectivity index (χ0v) is 16.0. The molecule has 0 aromatic heterocycles. The summed E-state index contributed by atoms with van der Waals surface area (Å²) >= 11 is 12.1. The number of hydrogen-bond acceptors (Lipinski definition) is 2. The highest BCUT2D eigenvalue weighted by Gasteiger charge is 2.22. The van der Waals surface area contributed by atoms with Crippen molar-refractivity contribution < 1.29 is 14.7 Å². The Labute approximate surface area is 162 Å². The Balaban J connectivity index is 2.26. The summed E-state index contributed by atoms with van der Waals surface area (Å²) in [5, 5.41) is 12.8. The van der Waals surface area contributed by atoms with Crippen LogP contribution in [0.4, 0.5) is 4.79 Å². The first-order valence-electron chi connectivity index (χ1n) is 8.04. The van der Waals surface area contributed by atoms with E-state index in [9.17, 15) is 9.59 Å². The fourth-order valence-electron chi connectivity index (χ4n) is 2.50. The Morgan fingerprint density at radius 3 is 2.31 bits per heavy atom. The van der Waals surface area contributed by atoms with Crippen LogP contribution in [0.5, 0.6) is 0 Å². The van der Waals surface area contributed by atoms with Crippen LogP contribution in [0.1, 0.15) is 24.1 Å². The Kier molecular flexibility index (Phi) is 6.89. The second-order valence-corrected chi connectivity index (χ2v) is 6.90. The third kappa shape index (κ3) is 5.13. The lowest BCUT2D eigenvalue weighted by atomic mass is 9.99. The van der Waals surface area contributed by atoms with Gasteiger partial charge in [0.1, 0.15) is 0 Å². The maximum Gasteiger partial charge on any atom is 0.317 e. The number of urea groups is 1. The molecule has 7 heteroatoms. The summed E-state index contributed by atoms with van der Waals surface area (Å²) in [6.45, 7) is 1.66. The molecule has 0 aliphatic heterocycles. The van der Waals surface area contributed by atoms with Gasteiger partial charge in [0.05, 0.1) is 22.0 Å². The first-order valence-corrected chi connectivity index (χ1v) is 8.79. The number of hydrogen-bond donors (Lipinski definition) is 2. The van der Waals surface area contributed by atoms with Gasteiger partial charge >= 0.3 is 12.0 Å². The van der Waals surface area contributed by atoms with Crippen LogP contribution in [0.3, 0.4) is 0 Å². The van der Waals surface area contributed by atoms with E-state index in [2.05, 4.69) is 5.32 Å². The largest absolute Gasteiger partial charge is 0.481 e. The molecule has 2 aromatic rings. The number of halogens is 2. The molecule has 0 saturated carbocycles. The van der Waals surface area contributed by atoms with Crippen molar-refractivity contribution >= 4 is 35.2 Å². The molecule has 2 rings (SSSR count). The Morgan fingerprint density at radius 2 is 1.73 bits per heavy atom. The van der Waals surface area contributed by atoms with Crippen molar-refractivity contribution in [3.8, 4) is 0 Å². The van der Waals surface area contributed by atoms with Gasteiger partial charge in [-0.1, -0.05) is 66.5 Å². The van der Waals surface area contributed by atoms with E-state index < -0.39 is 17.9 Å². The molecule has 0 aliphatic rings. The minimum absolute atomic E-state index is 0.101. The highest BCUT2D eigenvalue weighted by Crippen LogP contribution is 2.29. The van der Waals surface area contributed by atoms with Crippen molar-refractivity contribution in [2.45, 2.75) is 13.0 Å². The third-order valence-electron chi connectivity index (χ3n) is 3.99. The molecular formula is C19H20Cl2N2O3. The second-order valence-electron chi connectivity index (χ2n) is 6.09. The molecule has 0 bridgehead atoms. The molecule has 0 spiro atoms. The van der Waals surface area contributed by atoms with Crippen molar-refractivity contribution in [3.05, 3.63) is 69.7 Å². The van der Waals surface area contributed by atoms with Gasteiger partial charge < -0.3 is 15.3 Å². The summed E-state index contributed by atoms with van der Waals surface area (Å²) in [6, 6.07) is 13.8. The summed E-state index contributed by atoms with van der Waals surface area (Å²) in [5.41, 5.74) is 1.65. The van der Waals surface area contributed by atoms with Crippen LogP contribution < -0.4 is 5.32 Å². The topological polar surface area (TPSA) is 69.6 Å². The van der Waals surface area contributed by atoms with Gasteiger partial charge in [0, 0.05) is 13.6 Å². The maximum absolute atomic E-state index is 12.6. The van der Waals surface area contributed by atoms with E-state index in [1.807, 2.05) is 30.3 Å². The van der Waals surface area contributed by atoms with E-state index in [0.29, 0.717) is 10.0 Å². The van der Waals surface area contributed by atoms with Crippen LogP contribution >= 0.6 is 23.2 Å². The predicted octanol–water partition coefficient (Wildman–Crippen LogP) is 4.44. The number of carboxylic acids is 1. The number of nitrogens with one attached hydrogen (secondary N) is 1. The van der Waals surface area contributed by atoms with E-state index in [1.54, 1.807) is 32.2 Å².